The molecule has 170 valence electrons. The summed E-state index contributed by atoms with van der Waals surface area (Å²) in [6.07, 6.45) is 13.8. The number of pyridine rings is 1. The summed E-state index contributed by atoms with van der Waals surface area (Å²) in [5, 5.41) is 8.12. The minimum atomic E-state index is 0.0432. The Morgan fingerprint density at radius 3 is 2.67 bits per heavy atom. The van der Waals surface area contributed by atoms with Crippen molar-refractivity contribution >= 4 is 23.0 Å². The van der Waals surface area contributed by atoms with Gasteiger partial charge in [-0.1, -0.05) is 0 Å². The van der Waals surface area contributed by atoms with Gasteiger partial charge in [-0.2, -0.15) is 0 Å². The Morgan fingerprint density at radius 1 is 1.03 bits per heavy atom. The summed E-state index contributed by atoms with van der Waals surface area (Å²) in [6, 6.07) is 6.70. The van der Waals surface area contributed by atoms with Crippen molar-refractivity contribution in [2.24, 2.45) is 5.73 Å². The van der Waals surface area contributed by atoms with E-state index in [4.69, 9.17) is 5.73 Å². The van der Waals surface area contributed by atoms with Crippen molar-refractivity contribution in [3.63, 3.8) is 0 Å². The van der Waals surface area contributed by atoms with Gasteiger partial charge >= 0.3 is 0 Å². The second-order valence-electron chi connectivity index (χ2n) is 9.19. The normalized spacial score (nSPS) is 21.2. The molecule has 0 radical (unpaired) electrons. The summed E-state index contributed by atoms with van der Waals surface area (Å²) in [5.74, 6) is 0.676. The molecule has 6 rings (SSSR count). The molecule has 4 aromatic rings. The first-order valence-electron chi connectivity index (χ1n) is 11.8. The van der Waals surface area contributed by atoms with Crippen LogP contribution in [0.15, 0.2) is 43.0 Å². The van der Waals surface area contributed by atoms with Crippen molar-refractivity contribution in [3.8, 4) is 11.1 Å². The first kappa shape index (κ1) is 20.2. The number of hydrogen-bond donors (Lipinski definition) is 2. The van der Waals surface area contributed by atoms with Crippen molar-refractivity contribution in [1.29, 1.82) is 0 Å². The fraction of sp³-hybridized carbons (Fsp3) is 0.417. The van der Waals surface area contributed by atoms with Gasteiger partial charge in [0, 0.05) is 48.7 Å². The highest BCUT2D eigenvalue weighted by molar-refractivity contribution is 5.93. The minimum absolute atomic E-state index is 0.0432. The van der Waals surface area contributed by atoms with Gasteiger partial charge < -0.3 is 16.0 Å². The maximum absolute atomic E-state index is 13.0. The van der Waals surface area contributed by atoms with Crippen molar-refractivity contribution in [2.45, 2.75) is 50.6 Å². The van der Waals surface area contributed by atoms with Gasteiger partial charge in [0.15, 0.2) is 0 Å². The monoisotopic (exact) mass is 444 g/mol. The van der Waals surface area contributed by atoms with Crippen molar-refractivity contribution in [2.75, 3.05) is 18.4 Å². The SMILES string of the molecule is N[C@H]1CC[C@@H](Nc2ncc3c(-c4ccc5ncc(C(=O)N6CCCC6)n5c4)ccn3n2)CC1. The smallest absolute Gasteiger partial charge is 0.272 e. The van der Waals surface area contributed by atoms with Gasteiger partial charge in [-0.3, -0.25) is 9.20 Å². The van der Waals surface area contributed by atoms with E-state index in [-0.39, 0.29) is 5.91 Å². The zero-order valence-electron chi connectivity index (χ0n) is 18.5. The molecular formula is C24H28N8O. The van der Waals surface area contributed by atoms with Crippen LogP contribution in [0.1, 0.15) is 49.0 Å². The Kier molecular flexibility index (Phi) is 4.98. The zero-order valence-corrected chi connectivity index (χ0v) is 18.5. The molecule has 2 fully saturated rings. The molecule has 0 aromatic carbocycles. The lowest BCUT2D eigenvalue weighted by Gasteiger charge is -2.26. The van der Waals surface area contributed by atoms with E-state index in [1.54, 1.807) is 6.20 Å². The number of carbonyl (C=O) groups is 1. The molecule has 0 unspecified atom stereocenters. The number of rotatable bonds is 4. The van der Waals surface area contributed by atoms with Gasteiger partial charge in [0.05, 0.1) is 17.9 Å². The first-order chi connectivity index (χ1) is 16.2. The highest BCUT2D eigenvalue weighted by atomic mass is 16.2. The number of nitrogens with zero attached hydrogens (tertiary/aromatic N) is 6. The molecule has 1 saturated carbocycles. The molecule has 4 aromatic heterocycles. The Balaban J connectivity index is 1.29. The molecule has 1 aliphatic heterocycles. The number of nitrogens with one attached hydrogen (secondary N) is 1. The third kappa shape index (κ3) is 3.72. The van der Waals surface area contributed by atoms with Gasteiger partial charge in [0.2, 0.25) is 5.95 Å². The Bertz CT molecular complexity index is 1310. The molecule has 0 spiro atoms. The van der Waals surface area contributed by atoms with Gasteiger partial charge in [0.1, 0.15) is 11.3 Å². The molecular weight excluding hydrogens is 416 g/mol. The van der Waals surface area contributed by atoms with Crippen molar-refractivity contribution < 1.29 is 4.79 Å². The number of aromatic nitrogens is 5. The van der Waals surface area contributed by atoms with Crippen LogP contribution in [-0.2, 0) is 0 Å². The quantitative estimate of drug-likeness (QED) is 0.501. The third-order valence-electron chi connectivity index (χ3n) is 6.95. The number of likely N-dealkylation sites (tertiary alicyclic amines) is 1. The van der Waals surface area contributed by atoms with Gasteiger partial charge in [-0.15, -0.1) is 5.10 Å². The lowest BCUT2D eigenvalue weighted by atomic mass is 9.92. The number of nitrogens with two attached hydrogens (primary N) is 1. The Labute approximate surface area is 191 Å². The lowest BCUT2D eigenvalue weighted by Crippen LogP contribution is -2.33. The predicted octanol–water partition coefficient (Wildman–Crippen LogP) is 2.96. The van der Waals surface area contributed by atoms with Crippen LogP contribution in [0.2, 0.25) is 0 Å². The van der Waals surface area contributed by atoms with Crippen LogP contribution in [0.5, 0.6) is 0 Å². The number of fused-ring (bicyclic) bond motifs is 2. The summed E-state index contributed by atoms with van der Waals surface area (Å²) >= 11 is 0. The summed E-state index contributed by atoms with van der Waals surface area (Å²) in [4.78, 5) is 23.9. The maximum atomic E-state index is 13.0. The molecule has 0 atom stereocenters. The lowest BCUT2D eigenvalue weighted by molar-refractivity contribution is 0.0786. The highest BCUT2D eigenvalue weighted by Gasteiger charge is 2.23. The maximum Gasteiger partial charge on any atom is 0.272 e. The highest BCUT2D eigenvalue weighted by Crippen LogP contribution is 2.27. The van der Waals surface area contributed by atoms with E-state index in [1.165, 1.54) is 0 Å². The molecule has 1 saturated heterocycles. The van der Waals surface area contributed by atoms with Crippen LogP contribution in [0.4, 0.5) is 5.95 Å². The zero-order chi connectivity index (χ0) is 22.4. The standard InChI is InChI=1S/C24H28N8O/c25-17-4-6-18(7-5-17)28-24-27-13-20-19(9-12-32(20)29-24)16-3-8-22-26-14-21(31(22)15-16)23(33)30-10-1-2-11-30/h3,8-9,12-15,17-18H,1-2,4-7,10-11,25H2,(H,28,29)/t17-,18+. The van der Waals surface area contributed by atoms with Crippen LogP contribution >= 0.6 is 0 Å². The molecule has 33 heavy (non-hydrogen) atoms. The van der Waals surface area contributed by atoms with Crippen LogP contribution < -0.4 is 11.1 Å². The predicted molar refractivity (Wildman–Crippen MR) is 126 cm³/mol. The van der Waals surface area contributed by atoms with E-state index < -0.39 is 0 Å². The van der Waals surface area contributed by atoms with E-state index in [2.05, 4.69) is 20.4 Å². The third-order valence-corrected chi connectivity index (χ3v) is 6.95. The molecule has 1 aliphatic carbocycles. The average Bonchev–Trinajstić information content (AvgIpc) is 3.59. The molecule has 9 heteroatoms. The van der Waals surface area contributed by atoms with E-state index in [0.717, 1.165) is 73.9 Å². The summed E-state index contributed by atoms with van der Waals surface area (Å²) in [7, 11) is 0. The van der Waals surface area contributed by atoms with Crippen molar-refractivity contribution in [3.05, 3.63) is 48.7 Å². The van der Waals surface area contributed by atoms with Crippen molar-refractivity contribution in [1.82, 2.24) is 28.9 Å². The van der Waals surface area contributed by atoms with Crippen LogP contribution in [-0.4, -0.2) is 60.0 Å². The number of anilines is 1. The fourth-order valence-electron chi connectivity index (χ4n) is 5.04. The Hall–Kier alpha value is -3.46. The summed E-state index contributed by atoms with van der Waals surface area (Å²) < 4.78 is 3.75. The molecule has 1 amide bonds. The van der Waals surface area contributed by atoms with Crippen LogP contribution in [0, 0.1) is 0 Å². The largest absolute Gasteiger partial charge is 0.350 e. The summed E-state index contributed by atoms with van der Waals surface area (Å²) in [5.41, 5.74) is 10.3. The van der Waals surface area contributed by atoms with Crippen LogP contribution in [0.25, 0.3) is 22.3 Å². The van der Waals surface area contributed by atoms with Gasteiger partial charge in [-0.25, -0.2) is 14.5 Å². The molecule has 9 nitrogen and oxygen atoms in total. The second-order valence-corrected chi connectivity index (χ2v) is 9.19. The molecule has 2 aliphatic rings. The summed E-state index contributed by atoms with van der Waals surface area (Å²) in [6.45, 7) is 1.63. The van der Waals surface area contributed by atoms with E-state index in [9.17, 15) is 4.79 Å². The number of imidazole rings is 1. The second kappa shape index (κ2) is 8.15. The van der Waals surface area contributed by atoms with E-state index in [0.29, 0.717) is 23.7 Å². The van der Waals surface area contributed by atoms with Gasteiger partial charge in [0.25, 0.3) is 5.91 Å². The first-order valence-corrected chi connectivity index (χ1v) is 11.8. The van der Waals surface area contributed by atoms with E-state index >= 15 is 0 Å². The molecule has 5 heterocycles. The topological polar surface area (TPSA) is 106 Å². The number of amides is 1. The number of hydrogen-bond acceptors (Lipinski definition) is 6. The fourth-order valence-corrected chi connectivity index (χ4v) is 5.04. The minimum Gasteiger partial charge on any atom is -0.350 e. The molecule has 0 bridgehead atoms. The van der Waals surface area contributed by atoms with Crippen LogP contribution in [0.3, 0.4) is 0 Å². The average molecular weight is 445 g/mol. The number of carbonyl (C=O) groups excluding carboxylic acids is 1. The molecule has 3 N–H and O–H groups in total. The van der Waals surface area contributed by atoms with E-state index in [1.807, 2.05) is 50.6 Å². The Morgan fingerprint density at radius 2 is 1.85 bits per heavy atom. The van der Waals surface area contributed by atoms with Gasteiger partial charge in [-0.05, 0) is 56.7 Å².